The molecule has 0 saturated carbocycles. The summed E-state index contributed by atoms with van der Waals surface area (Å²) in [5, 5.41) is 4.55. The van der Waals surface area contributed by atoms with Crippen LogP contribution in [0.4, 0.5) is 0 Å². The molecule has 0 radical (unpaired) electrons. The van der Waals surface area contributed by atoms with Crippen molar-refractivity contribution < 1.29 is 9.53 Å². The first kappa shape index (κ1) is 20.5. The first-order valence-corrected chi connectivity index (χ1v) is 11.0. The molecular weight excluding hydrogens is 402 g/mol. The number of carbonyl (C=O) groups is 1. The molecule has 3 aromatic heterocycles. The Morgan fingerprint density at radius 1 is 1.16 bits per heavy atom. The molecule has 1 aliphatic rings. The van der Waals surface area contributed by atoms with E-state index >= 15 is 0 Å². The highest BCUT2D eigenvalue weighted by atomic mass is 16.5. The molecule has 1 saturated heterocycles. The van der Waals surface area contributed by atoms with E-state index in [1.165, 1.54) is 0 Å². The van der Waals surface area contributed by atoms with Gasteiger partial charge in [-0.05, 0) is 56.7 Å². The summed E-state index contributed by atoms with van der Waals surface area (Å²) in [6.07, 6.45) is 6.57. The predicted molar refractivity (Wildman–Crippen MR) is 122 cm³/mol. The third-order valence-electron chi connectivity index (χ3n) is 5.99. The van der Waals surface area contributed by atoms with Crippen LogP contribution in [0.5, 0.6) is 0 Å². The quantitative estimate of drug-likeness (QED) is 0.498. The van der Waals surface area contributed by atoms with Gasteiger partial charge in [-0.15, -0.1) is 0 Å². The molecule has 1 fully saturated rings. The van der Waals surface area contributed by atoms with Gasteiger partial charge in [0.1, 0.15) is 0 Å². The Hall–Kier alpha value is -3.45. The van der Waals surface area contributed by atoms with Gasteiger partial charge in [-0.1, -0.05) is 6.07 Å². The molecule has 32 heavy (non-hydrogen) atoms. The SMILES string of the molecule is Cc1cc(C)n(-c2cccc(C(=O)N3CCOC[C@H](Cc4nccn5cccc45)C3)c2)n1. The summed E-state index contributed by atoms with van der Waals surface area (Å²) in [6.45, 7) is 6.39. The maximum Gasteiger partial charge on any atom is 0.254 e. The Balaban J connectivity index is 1.36. The van der Waals surface area contributed by atoms with Gasteiger partial charge in [-0.25, -0.2) is 4.68 Å². The Labute approximate surface area is 187 Å². The third-order valence-corrected chi connectivity index (χ3v) is 5.99. The van der Waals surface area contributed by atoms with Crippen molar-refractivity contribution in [2.75, 3.05) is 26.3 Å². The number of benzene rings is 1. The Morgan fingerprint density at radius 2 is 2.06 bits per heavy atom. The molecule has 1 aliphatic heterocycles. The van der Waals surface area contributed by atoms with Crippen LogP contribution in [-0.2, 0) is 11.2 Å². The molecule has 0 bridgehead atoms. The van der Waals surface area contributed by atoms with Gasteiger partial charge in [-0.3, -0.25) is 9.78 Å². The van der Waals surface area contributed by atoms with Gasteiger partial charge in [0.05, 0.1) is 35.8 Å². The van der Waals surface area contributed by atoms with E-state index in [9.17, 15) is 4.79 Å². The lowest BCUT2D eigenvalue weighted by molar-refractivity contribution is 0.0737. The van der Waals surface area contributed by atoms with Gasteiger partial charge in [-0.2, -0.15) is 5.10 Å². The van der Waals surface area contributed by atoms with Crippen LogP contribution in [0, 0.1) is 19.8 Å². The van der Waals surface area contributed by atoms with Gasteiger partial charge in [0.2, 0.25) is 0 Å². The molecule has 0 N–H and O–H groups in total. The average molecular weight is 430 g/mol. The number of ether oxygens (including phenoxy) is 1. The highest BCUT2D eigenvalue weighted by molar-refractivity contribution is 5.94. The molecule has 164 valence electrons. The lowest BCUT2D eigenvalue weighted by atomic mass is 10.0. The largest absolute Gasteiger partial charge is 0.379 e. The van der Waals surface area contributed by atoms with Crippen molar-refractivity contribution in [1.82, 2.24) is 24.1 Å². The maximum atomic E-state index is 13.4. The van der Waals surface area contributed by atoms with Crippen LogP contribution in [0.15, 0.2) is 61.1 Å². The number of fused-ring (bicyclic) bond motifs is 1. The minimum Gasteiger partial charge on any atom is -0.379 e. The van der Waals surface area contributed by atoms with Crippen LogP contribution in [-0.4, -0.2) is 56.3 Å². The van der Waals surface area contributed by atoms with E-state index in [1.807, 2.05) is 78.4 Å². The van der Waals surface area contributed by atoms with Crippen LogP contribution in [0.2, 0.25) is 0 Å². The standard InChI is InChI=1S/C25H27N5O2/c1-18-13-19(2)30(27-18)22-6-3-5-21(15-22)25(31)29-11-12-32-17-20(16-29)14-23-24-7-4-9-28(24)10-8-26-23/h3-10,13,15,20H,11-12,14,16-17H2,1-2H3/t20-/m1/s1. The van der Waals surface area contributed by atoms with Crippen molar-refractivity contribution >= 4 is 11.4 Å². The second-order valence-electron chi connectivity index (χ2n) is 8.46. The first-order chi connectivity index (χ1) is 15.6. The second-order valence-corrected chi connectivity index (χ2v) is 8.46. The van der Waals surface area contributed by atoms with Crippen molar-refractivity contribution in [3.8, 4) is 5.69 Å². The fourth-order valence-corrected chi connectivity index (χ4v) is 4.49. The number of hydrogen-bond acceptors (Lipinski definition) is 4. The van der Waals surface area contributed by atoms with E-state index in [0.29, 0.717) is 31.9 Å². The van der Waals surface area contributed by atoms with Crippen LogP contribution in [0.1, 0.15) is 27.4 Å². The fourth-order valence-electron chi connectivity index (χ4n) is 4.49. The zero-order valence-electron chi connectivity index (χ0n) is 18.4. The van der Waals surface area contributed by atoms with Crippen molar-refractivity contribution in [3.63, 3.8) is 0 Å². The lowest BCUT2D eigenvalue weighted by Crippen LogP contribution is -2.36. The van der Waals surface area contributed by atoms with E-state index < -0.39 is 0 Å². The first-order valence-electron chi connectivity index (χ1n) is 11.0. The van der Waals surface area contributed by atoms with Gasteiger partial charge >= 0.3 is 0 Å². The summed E-state index contributed by atoms with van der Waals surface area (Å²) < 4.78 is 9.81. The highest BCUT2D eigenvalue weighted by Crippen LogP contribution is 2.20. The minimum atomic E-state index is 0.0257. The Morgan fingerprint density at radius 3 is 2.91 bits per heavy atom. The predicted octanol–water partition coefficient (Wildman–Crippen LogP) is 3.47. The molecule has 0 spiro atoms. The molecule has 0 unspecified atom stereocenters. The monoisotopic (exact) mass is 429 g/mol. The van der Waals surface area contributed by atoms with E-state index in [4.69, 9.17) is 4.74 Å². The molecule has 1 amide bonds. The van der Waals surface area contributed by atoms with E-state index in [2.05, 4.69) is 20.5 Å². The molecule has 1 atom stereocenters. The number of hydrogen-bond donors (Lipinski definition) is 0. The smallest absolute Gasteiger partial charge is 0.254 e. The molecule has 4 heterocycles. The van der Waals surface area contributed by atoms with Crippen molar-refractivity contribution in [2.45, 2.75) is 20.3 Å². The molecule has 0 aliphatic carbocycles. The van der Waals surface area contributed by atoms with E-state index in [1.54, 1.807) is 0 Å². The van der Waals surface area contributed by atoms with E-state index in [-0.39, 0.29) is 11.8 Å². The lowest BCUT2D eigenvalue weighted by Gasteiger charge is -2.24. The van der Waals surface area contributed by atoms with Gasteiger partial charge < -0.3 is 14.0 Å². The van der Waals surface area contributed by atoms with Crippen LogP contribution < -0.4 is 0 Å². The summed E-state index contributed by atoms with van der Waals surface area (Å²) in [6, 6.07) is 13.8. The van der Waals surface area contributed by atoms with Crippen LogP contribution >= 0.6 is 0 Å². The molecule has 4 aromatic rings. The summed E-state index contributed by atoms with van der Waals surface area (Å²) in [5.74, 6) is 0.215. The summed E-state index contributed by atoms with van der Waals surface area (Å²) in [4.78, 5) is 19.9. The Kier molecular flexibility index (Phi) is 5.49. The minimum absolute atomic E-state index is 0.0257. The number of amides is 1. The van der Waals surface area contributed by atoms with E-state index in [0.717, 1.165) is 34.7 Å². The zero-order chi connectivity index (χ0) is 22.1. The number of rotatable bonds is 4. The van der Waals surface area contributed by atoms with Gasteiger partial charge in [0, 0.05) is 48.9 Å². The molecule has 7 nitrogen and oxygen atoms in total. The van der Waals surface area contributed by atoms with Crippen LogP contribution in [0.3, 0.4) is 0 Å². The fraction of sp³-hybridized carbons (Fsp3) is 0.320. The number of carbonyl (C=O) groups excluding carboxylic acids is 1. The maximum absolute atomic E-state index is 13.4. The summed E-state index contributed by atoms with van der Waals surface area (Å²) in [5.41, 5.74) is 5.70. The summed E-state index contributed by atoms with van der Waals surface area (Å²) >= 11 is 0. The topological polar surface area (TPSA) is 64.7 Å². The molecule has 7 heteroatoms. The number of aryl methyl sites for hydroxylation is 2. The third kappa shape index (κ3) is 4.03. The molecular formula is C25H27N5O2. The average Bonchev–Trinajstić information content (AvgIpc) is 3.34. The van der Waals surface area contributed by atoms with Crippen molar-refractivity contribution in [2.24, 2.45) is 5.92 Å². The number of aromatic nitrogens is 4. The van der Waals surface area contributed by atoms with Gasteiger partial charge in [0.15, 0.2) is 0 Å². The zero-order valence-corrected chi connectivity index (χ0v) is 18.4. The van der Waals surface area contributed by atoms with Crippen molar-refractivity contribution in [1.29, 1.82) is 0 Å². The molecule has 5 rings (SSSR count). The summed E-state index contributed by atoms with van der Waals surface area (Å²) in [7, 11) is 0. The highest BCUT2D eigenvalue weighted by Gasteiger charge is 2.25. The van der Waals surface area contributed by atoms with Gasteiger partial charge in [0.25, 0.3) is 5.91 Å². The van der Waals surface area contributed by atoms with Crippen molar-refractivity contribution in [3.05, 3.63) is 83.7 Å². The van der Waals surface area contributed by atoms with Crippen LogP contribution in [0.25, 0.3) is 11.2 Å². The molecule has 1 aromatic carbocycles. The normalized spacial score (nSPS) is 16.9. The second kappa shape index (κ2) is 8.59. The Bertz CT molecular complexity index is 1260. The number of nitrogens with zero attached hydrogens (tertiary/aromatic N) is 5.